The van der Waals surface area contributed by atoms with Gasteiger partial charge in [-0.15, -0.1) is 0 Å². The predicted molar refractivity (Wildman–Crippen MR) is 129 cm³/mol. The van der Waals surface area contributed by atoms with Crippen molar-refractivity contribution >= 4 is 11.8 Å². The number of unbranched alkanes of at least 4 members (excludes halogenated alkanes) is 2. The Bertz CT molecular complexity index is 999. The van der Waals surface area contributed by atoms with Crippen molar-refractivity contribution in [2.45, 2.75) is 58.8 Å². The molecule has 3 rings (SSSR count). The first-order valence-electron chi connectivity index (χ1n) is 11.6. The number of benzene rings is 1. The molecule has 0 aromatic heterocycles. The molecule has 2 aromatic rings. The van der Waals surface area contributed by atoms with E-state index in [-0.39, 0.29) is 11.2 Å². The van der Waals surface area contributed by atoms with Crippen LogP contribution in [0.2, 0.25) is 0 Å². The summed E-state index contributed by atoms with van der Waals surface area (Å²) < 4.78 is 5.68. The zero-order valence-electron chi connectivity index (χ0n) is 19.7. The van der Waals surface area contributed by atoms with Crippen LogP contribution in [0.25, 0.3) is 6.08 Å². The van der Waals surface area contributed by atoms with Gasteiger partial charge in [-0.2, -0.15) is 0 Å². The molecule has 0 radical (unpaired) electrons. The van der Waals surface area contributed by atoms with E-state index in [9.17, 15) is 9.59 Å². The predicted octanol–water partition coefficient (Wildman–Crippen LogP) is 4.33. The lowest BCUT2D eigenvalue weighted by molar-refractivity contribution is 0.302. The zero-order valence-corrected chi connectivity index (χ0v) is 19.7. The SMILES string of the molecule is CCCCOc1c(/C=C2/N(CCCCN(C)CC)c3ccccc3C2(C)C)c(=O)c1=O. The minimum Gasteiger partial charge on any atom is -0.489 e. The maximum Gasteiger partial charge on any atom is 0.268 e. The Kier molecular flexibility index (Phi) is 7.37. The second-order valence-electron chi connectivity index (χ2n) is 9.03. The van der Waals surface area contributed by atoms with E-state index >= 15 is 0 Å². The summed E-state index contributed by atoms with van der Waals surface area (Å²) in [6.45, 7) is 12.1. The molecular formula is C26H36N2O3. The second kappa shape index (κ2) is 9.82. The third-order valence-corrected chi connectivity index (χ3v) is 6.44. The molecule has 0 aliphatic carbocycles. The zero-order chi connectivity index (χ0) is 22.6. The van der Waals surface area contributed by atoms with Crippen LogP contribution < -0.4 is 20.5 Å². The van der Waals surface area contributed by atoms with Crippen molar-refractivity contribution in [2.75, 3.05) is 38.2 Å². The highest BCUT2D eigenvalue weighted by atomic mass is 16.5. The number of ether oxygens (including phenoxy) is 1. The average molecular weight is 425 g/mol. The highest BCUT2D eigenvalue weighted by Crippen LogP contribution is 2.48. The summed E-state index contributed by atoms with van der Waals surface area (Å²) in [5, 5.41) is 0. The standard InChI is InChI=1S/C26H36N2O3/c1-6-8-17-31-25-19(23(29)24(25)30)18-22-26(3,4)20-13-9-10-14-21(20)28(22)16-12-11-15-27(5)7-2/h9-10,13-14,18H,6-8,11-12,15-17H2,1-5H3/b22-18+. The van der Waals surface area contributed by atoms with Crippen molar-refractivity contribution in [3.05, 3.63) is 61.5 Å². The fourth-order valence-corrected chi connectivity index (χ4v) is 4.27. The first-order chi connectivity index (χ1) is 14.8. The third-order valence-electron chi connectivity index (χ3n) is 6.44. The maximum absolute atomic E-state index is 12.4. The molecule has 1 heterocycles. The average Bonchev–Trinajstić information content (AvgIpc) is 2.99. The molecule has 2 aromatic carbocycles. The molecule has 168 valence electrons. The van der Waals surface area contributed by atoms with Gasteiger partial charge in [0.1, 0.15) is 0 Å². The molecule has 0 bridgehead atoms. The van der Waals surface area contributed by atoms with Gasteiger partial charge in [-0.05, 0) is 57.1 Å². The molecule has 5 heteroatoms. The van der Waals surface area contributed by atoms with Crippen LogP contribution in [-0.4, -0.2) is 38.2 Å². The molecule has 0 saturated heterocycles. The number of fused-ring (bicyclic) bond motifs is 1. The largest absolute Gasteiger partial charge is 0.489 e. The minimum atomic E-state index is -0.495. The molecule has 0 N–H and O–H groups in total. The van der Waals surface area contributed by atoms with Gasteiger partial charge in [0.25, 0.3) is 5.43 Å². The van der Waals surface area contributed by atoms with Crippen molar-refractivity contribution in [2.24, 2.45) is 0 Å². The van der Waals surface area contributed by atoms with Crippen molar-refractivity contribution in [1.82, 2.24) is 4.90 Å². The fraction of sp³-hybridized carbons (Fsp3) is 0.538. The quantitative estimate of drug-likeness (QED) is 0.397. The summed E-state index contributed by atoms with van der Waals surface area (Å²) in [4.78, 5) is 29.2. The van der Waals surface area contributed by atoms with Gasteiger partial charge in [0.05, 0.1) is 12.2 Å². The van der Waals surface area contributed by atoms with Crippen LogP contribution >= 0.6 is 0 Å². The normalized spacial score (nSPS) is 16.5. The Morgan fingerprint density at radius 2 is 1.81 bits per heavy atom. The van der Waals surface area contributed by atoms with Gasteiger partial charge in [0.15, 0.2) is 5.75 Å². The molecule has 5 nitrogen and oxygen atoms in total. The van der Waals surface area contributed by atoms with Gasteiger partial charge in [0.2, 0.25) is 5.43 Å². The van der Waals surface area contributed by atoms with E-state index in [1.54, 1.807) is 0 Å². The van der Waals surface area contributed by atoms with Crippen LogP contribution in [0, 0.1) is 0 Å². The van der Waals surface area contributed by atoms with Crippen molar-refractivity contribution < 1.29 is 4.74 Å². The number of hydrogen-bond donors (Lipinski definition) is 0. The van der Waals surface area contributed by atoms with Crippen molar-refractivity contribution in [1.29, 1.82) is 0 Å². The number of rotatable bonds is 11. The monoisotopic (exact) mass is 424 g/mol. The van der Waals surface area contributed by atoms with Crippen LogP contribution in [0.5, 0.6) is 5.75 Å². The van der Waals surface area contributed by atoms with Gasteiger partial charge < -0.3 is 14.5 Å². The fourth-order valence-electron chi connectivity index (χ4n) is 4.27. The first kappa shape index (κ1) is 23.3. The first-order valence-corrected chi connectivity index (χ1v) is 11.6. The molecule has 31 heavy (non-hydrogen) atoms. The van der Waals surface area contributed by atoms with Gasteiger partial charge in [-0.1, -0.05) is 52.3 Å². The molecule has 0 fully saturated rings. The molecule has 0 spiro atoms. The van der Waals surface area contributed by atoms with Gasteiger partial charge in [-0.25, -0.2) is 0 Å². The molecule has 0 unspecified atom stereocenters. The van der Waals surface area contributed by atoms with Crippen LogP contribution in [-0.2, 0) is 5.41 Å². The summed E-state index contributed by atoms with van der Waals surface area (Å²) in [5.74, 6) is 0.238. The van der Waals surface area contributed by atoms with Gasteiger partial charge in [0, 0.05) is 23.3 Å². The lowest BCUT2D eigenvalue weighted by Gasteiger charge is -2.28. The highest BCUT2D eigenvalue weighted by molar-refractivity contribution is 5.77. The summed E-state index contributed by atoms with van der Waals surface area (Å²) in [6.07, 6.45) is 5.92. The molecule has 0 amide bonds. The molecule has 0 atom stereocenters. The van der Waals surface area contributed by atoms with Gasteiger partial charge >= 0.3 is 0 Å². The van der Waals surface area contributed by atoms with Crippen LogP contribution in [0.4, 0.5) is 5.69 Å². The molecule has 1 aliphatic heterocycles. The number of anilines is 1. The van der Waals surface area contributed by atoms with Crippen LogP contribution in [0.3, 0.4) is 0 Å². The Labute approximate surface area is 186 Å². The van der Waals surface area contributed by atoms with E-state index in [1.165, 1.54) is 11.3 Å². The van der Waals surface area contributed by atoms with Crippen molar-refractivity contribution in [3.8, 4) is 5.75 Å². The van der Waals surface area contributed by atoms with Gasteiger partial charge in [-0.3, -0.25) is 9.59 Å². The second-order valence-corrected chi connectivity index (χ2v) is 9.03. The smallest absolute Gasteiger partial charge is 0.268 e. The molecule has 0 saturated carbocycles. The Morgan fingerprint density at radius 3 is 2.52 bits per heavy atom. The Hall–Kier alpha value is -2.40. The topological polar surface area (TPSA) is 49.9 Å². The highest BCUT2D eigenvalue weighted by Gasteiger charge is 2.40. The minimum absolute atomic E-state index is 0.238. The Morgan fingerprint density at radius 1 is 1.06 bits per heavy atom. The summed E-state index contributed by atoms with van der Waals surface area (Å²) in [6, 6.07) is 8.44. The number of para-hydroxylation sites is 1. The van der Waals surface area contributed by atoms with E-state index in [4.69, 9.17) is 4.74 Å². The van der Waals surface area contributed by atoms with E-state index in [2.05, 4.69) is 68.8 Å². The molecule has 1 aliphatic rings. The number of hydrogen-bond acceptors (Lipinski definition) is 5. The van der Waals surface area contributed by atoms with E-state index in [1.807, 2.05) is 6.08 Å². The van der Waals surface area contributed by atoms with Crippen molar-refractivity contribution in [3.63, 3.8) is 0 Å². The maximum atomic E-state index is 12.4. The van der Waals surface area contributed by atoms with Crippen LogP contribution in [0.15, 0.2) is 39.6 Å². The lowest BCUT2D eigenvalue weighted by Crippen LogP contribution is -2.36. The lowest BCUT2D eigenvalue weighted by atomic mass is 9.83. The summed E-state index contributed by atoms with van der Waals surface area (Å²) in [5.41, 5.74) is 2.74. The van der Waals surface area contributed by atoms with Crippen LogP contribution in [0.1, 0.15) is 64.5 Å². The van der Waals surface area contributed by atoms with E-state index in [0.29, 0.717) is 12.2 Å². The summed E-state index contributed by atoms with van der Waals surface area (Å²) >= 11 is 0. The third kappa shape index (κ3) is 4.62. The number of nitrogens with zero attached hydrogens (tertiary/aromatic N) is 2. The van der Waals surface area contributed by atoms with E-state index in [0.717, 1.165) is 51.0 Å². The molecular weight excluding hydrogens is 388 g/mol. The van der Waals surface area contributed by atoms with E-state index < -0.39 is 10.9 Å². The number of allylic oxidation sites excluding steroid dienone is 1. The summed E-state index contributed by atoms with van der Waals surface area (Å²) in [7, 11) is 2.14. The Balaban J connectivity index is 1.91.